The molecule has 0 saturated carbocycles. The number of hydrogen-bond acceptors (Lipinski definition) is 6. The Hall–Kier alpha value is -3.05. The van der Waals surface area contributed by atoms with E-state index in [4.69, 9.17) is 9.47 Å². The Balaban J connectivity index is 2.14. The number of ether oxygens (including phenoxy) is 2. The van der Waals surface area contributed by atoms with E-state index in [-0.39, 0.29) is 31.8 Å². The van der Waals surface area contributed by atoms with Gasteiger partial charge in [0.15, 0.2) is 6.10 Å². The van der Waals surface area contributed by atoms with E-state index in [1.54, 1.807) is 39.0 Å². The second-order valence-electron chi connectivity index (χ2n) is 7.28. The average Bonchev–Trinajstić information content (AvgIpc) is 2.76. The van der Waals surface area contributed by atoms with Gasteiger partial charge in [-0.05, 0) is 67.8 Å². The van der Waals surface area contributed by atoms with Gasteiger partial charge in [-0.1, -0.05) is 18.2 Å². The summed E-state index contributed by atoms with van der Waals surface area (Å²) in [6.45, 7) is 5.55. The molecule has 6 nitrogen and oxygen atoms in total. The number of phenolic OH excluding ortho intramolecular Hbond substituents is 1. The average molecular weight is 427 g/mol. The smallest absolute Gasteiger partial charge is 0.335 e. The lowest BCUT2D eigenvalue weighted by Gasteiger charge is -2.13. The summed E-state index contributed by atoms with van der Waals surface area (Å²) >= 11 is 0. The summed E-state index contributed by atoms with van der Waals surface area (Å²) in [4.78, 5) is 11.8. The highest BCUT2D eigenvalue weighted by Gasteiger charge is 2.18. The molecule has 0 heterocycles. The van der Waals surface area contributed by atoms with Crippen molar-refractivity contribution in [2.75, 3.05) is 13.2 Å². The lowest BCUT2D eigenvalue weighted by Crippen LogP contribution is -2.24. The zero-order chi connectivity index (χ0) is 22.8. The molecule has 0 unspecified atom stereocenters. The summed E-state index contributed by atoms with van der Waals surface area (Å²) in [6, 6.07) is 12.7. The number of rotatable bonds is 10. The summed E-state index contributed by atoms with van der Waals surface area (Å²) in [5, 5.41) is 30.5. The van der Waals surface area contributed by atoms with Crippen LogP contribution in [-0.4, -0.2) is 40.6 Å². The van der Waals surface area contributed by atoms with Crippen molar-refractivity contribution in [2.24, 2.45) is 0 Å². The fourth-order valence-electron chi connectivity index (χ4n) is 3.03. The zero-order valence-corrected chi connectivity index (χ0v) is 18.2. The summed E-state index contributed by atoms with van der Waals surface area (Å²) in [5.74, 6) is 0.179. The van der Waals surface area contributed by atoms with E-state index in [0.29, 0.717) is 28.0 Å². The van der Waals surface area contributed by atoms with Gasteiger partial charge in [0.2, 0.25) is 0 Å². The quantitative estimate of drug-likeness (QED) is 0.394. The number of carbonyl (C=O) groups excluding carboxylic acids is 1. The Morgan fingerprint density at radius 1 is 1.13 bits per heavy atom. The minimum atomic E-state index is -1.32. The molecule has 166 valence electrons. The molecule has 0 amide bonds. The Labute approximate surface area is 183 Å². The van der Waals surface area contributed by atoms with E-state index in [1.165, 1.54) is 0 Å². The number of aliphatic hydroxyl groups is 2. The third kappa shape index (κ3) is 7.61. The summed E-state index contributed by atoms with van der Waals surface area (Å²) < 4.78 is 10.6. The van der Waals surface area contributed by atoms with Crippen molar-refractivity contribution in [2.45, 2.75) is 45.8 Å². The summed E-state index contributed by atoms with van der Waals surface area (Å²) in [7, 11) is 0. The predicted octanol–water partition coefficient (Wildman–Crippen LogP) is 3.91. The maximum absolute atomic E-state index is 11.8. The van der Waals surface area contributed by atoms with Gasteiger partial charge in [0.25, 0.3) is 0 Å². The van der Waals surface area contributed by atoms with Crippen LogP contribution in [-0.2, 0) is 9.53 Å². The molecule has 0 bridgehead atoms. The molecule has 2 rings (SSSR count). The van der Waals surface area contributed by atoms with Gasteiger partial charge in [-0.2, -0.15) is 0 Å². The number of hydrogen-bond donors (Lipinski definition) is 3. The molecule has 0 radical (unpaired) electrons. The zero-order valence-electron chi connectivity index (χ0n) is 18.2. The first kappa shape index (κ1) is 24.2. The molecule has 0 aliphatic carbocycles. The molecule has 0 fully saturated rings. The van der Waals surface area contributed by atoms with Gasteiger partial charge in [-0.3, -0.25) is 0 Å². The fourth-order valence-corrected chi connectivity index (χ4v) is 3.03. The first-order valence-corrected chi connectivity index (χ1v) is 10.3. The SMILES string of the molecule is CCOC(=O)[C@H](O)CC(=C=CC[C@@H](O)c1cc(C)c(O)c(C)c1)COc1ccccc1. The number of phenols is 1. The Bertz CT molecular complexity index is 905. The molecule has 0 aliphatic heterocycles. The van der Waals surface area contributed by atoms with Crippen molar-refractivity contribution >= 4 is 5.97 Å². The number of aromatic hydroxyl groups is 1. The third-order valence-electron chi connectivity index (χ3n) is 4.70. The van der Waals surface area contributed by atoms with Crippen LogP contribution in [0.5, 0.6) is 11.5 Å². The van der Waals surface area contributed by atoms with Crippen LogP contribution in [0.1, 0.15) is 42.6 Å². The first-order chi connectivity index (χ1) is 14.8. The second kappa shape index (κ2) is 12.0. The van der Waals surface area contributed by atoms with E-state index >= 15 is 0 Å². The lowest BCUT2D eigenvalue weighted by molar-refractivity contribution is -0.152. The number of benzene rings is 2. The van der Waals surface area contributed by atoms with E-state index in [9.17, 15) is 20.1 Å². The predicted molar refractivity (Wildman–Crippen MR) is 118 cm³/mol. The minimum absolute atomic E-state index is 0.00961. The molecule has 0 aromatic heterocycles. The van der Waals surface area contributed by atoms with Gasteiger partial charge in [-0.25, -0.2) is 4.79 Å². The summed E-state index contributed by atoms with van der Waals surface area (Å²) in [6.07, 6.45) is -0.160. The van der Waals surface area contributed by atoms with E-state index < -0.39 is 18.2 Å². The largest absolute Gasteiger partial charge is 0.507 e. The number of aryl methyl sites for hydroxylation is 2. The van der Waals surface area contributed by atoms with Crippen LogP contribution < -0.4 is 4.74 Å². The van der Waals surface area contributed by atoms with Crippen LogP contribution in [0, 0.1) is 13.8 Å². The van der Waals surface area contributed by atoms with E-state index in [2.05, 4.69) is 5.73 Å². The Morgan fingerprint density at radius 3 is 2.39 bits per heavy atom. The normalized spacial score (nSPS) is 12.4. The molecule has 3 N–H and O–H groups in total. The van der Waals surface area contributed by atoms with Crippen molar-refractivity contribution in [3.8, 4) is 11.5 Å². The van der Waals surface area contributed by atoms with Crippen LogP contribution in [0.4, 0.5) is 0 Å². The van der Waals surface area contributed by atoms with E-state index in [0.717, 1.165) is 0 Å². The van der Waals surface area contributed by atoms with Crippen molar-refractivity contribution in [1.82, 2.24) is 0 Å². The molecule has 0 spiro atoms. The number of esters is 1. The second-order valence-corrected chi connectivity index (χ2v) is 7.28. The number of aliphatic hydroxyl groups excluding tert-OH is 2. The summed E-state index contributed by atoms with van der Waals surface area (Å²) in [5.41, 5.74) is 5.70. The topological polar surface area (TPSA) is 96.2 Å². The number of carbonyl (C=O) groups is 1. The fraction of sp³-hybridized carbons (Fsp3) is 0.360. The molecule has 6 heteroatoms. The maximum Gasteiger partial charge on any atom is 0.335 e. The maximum atomic E-state index is 11.8. The molecule has 2 aromatic rings. The van der Waals surface area contributed by atoms with Crippen LogP contribution >= 0.6 is 0 Å². The van der Waals surface area contributed by atoms with Crippen molar-refractivity contribution in [3.05, 3.63) is 76.5 Å². The van der Waals surface area contributed by atoms with Gasteiger partial charge in [0.05, 0.1) is 12.7 Å². The van der Waals surface area contributed by atoms with Crippen molar-refractivity contribution < 1.29 is 29.6 Å². The van der Waals surface area contributed by atoms with Gasteiger partial charge < -0.3 is 24.8 Å². The molecule has 0 saturated heterocycles. The van der Waals surface area contributed by atoms with Crippen molar-refractivity contribution in [1.29, 1.82) is 0 Å². The van der Waals surface area contributed by atoms with Crippen molar-refractivity contribution in [3.63, 3.8) is 0 Å². The molecule has 0 aliphatic rings. The van der Waals surface area contributed by atoms with Gasteiger partial charge in [0.1, 0.15) is 18.1 Å². The molecular formula is C25H30O6. The first-order valence-electron chi connectivity index (χ1n) is 10.3. The molecule has 2 aromatic carbocycles. The van der Waals surface area contributed by atoms with E-state index in [1.807, 2.05) is 30.3 Å². The Morgan fingerprint density at radius 2 is 1.77 bits per heavy atom. The van der Waals surface area contributed by atoms with Crippen LogP contribution in [0.2, 0.25) is 0 Å². The highest BCUT2D eigenvalue weighted by molar-refractivity contribution is 5.74. The van der Waals surface area contributed by atoms with Gasteiger partial charge in [0, 0.05) is 18.4 Å². The highest BCUT2D eigenvalue weighted by Crippen LogP contribution is 2.27. The Kier molecular flexibility index (Phi) is 9.35. The minimum Gasteiger partial charge on any atom is -0.507 e. The van der Waals surface area contributed by atoms with Gasteiger partial charge >= 0.3 is 5.97 Å². The van der Waals surface area contributed by atoms with Gasteiger partial charge in [-0.15, -0.1) is 5.73 Å². The monoisotopic (exact) mass is 426 g/mol. The highest BCUT2D eigenvalue weighted by atomic mass is 16.5. The molecule has 2 atom stereocenters. The number of para-hydroxylation sites is 1. The standard InChI is InChI=1S/C25H30O6/c1-4-30-25(29)23(27)15-19(16-31-21-10-6-5-7-11-21)9-8-12-22(26)20-13-17(2)24(28)18(3)14-20/h5-8,10-11,13-14,22-23,26-28H,4,12,15-16H2,1-3H3/t9?,22-,23-/m1/s1. The third-order valence-corrected chi connectivity index (χ3v) is 4.70. The van der Waals surface area contributed by atoms with Crippen LogP contribution in [0.15, 0.2) is 59.8 Å². The van der Waals surface area contributed by atoms with Crippen LogP contribution in [0.25, 0.3) is 0 Å². The molecule has 31 heavy (non-hydrogen) atoms. The lowest BCUT2D eigenvalue weighted by atomic mass is 10.00. The van der Waals surface area contributed by atoms with Crippen LogP contribution in [0.3, 0.4) is 0 Å². The molecular weight excluding hydrogens is 396 g/mol.